The van der Waals surface area contributed by atoms with Crippen LogP contribution < -0.4 is 0 Å². The minimum absolute atomic E-state index is 0.180. The minimum atomic E-state index is -3.48. The van der Waals surface area contributed by atoms with Gasteiger partial charge in [-0.05, 0) is 38.1 Å². The van der Waals surface area contributed by atoms with Crippen molar-refractivity contribution in [2.75, 3.05) is 32.7 Å². The zero-order valence-electron chi connectivity index (χ0n) is 16.5. The lowest BCUT2D eigenvalue weighted by molar-refractivity contribution is -0.0452. The molecule has 1 atom stereocenters. The molecule has 6 nitrogen and oxygen atoms in total. The molecule has 0 N–H and O–H groups in total. The van der Waals surface area contributed by atoms with E-state index in [4.69, 9.17) is 0 Å². The predicted molar refractivity (Wildman–Crippen MR) is 109 cm³/mol. The Bertz CT molecular complexity index is 903. The Morgan fingerprint density at radius 3 is 2.50 bits per heavy atom. The predicted octanol–water partition coefficient (Wildman–Crippen LogP) is 2.05. The minimum Gasteiger partial charge on any atom is -0.295 e. The molecule has 4 rings (SSSR count). The number of nitrogens with zero attached hydrogens (tertiary/aromatic N) is 4. The first-order valence-electron chi connectivity index (χ1n) is 9.80. The van der Waals surface area contributed by atoms with Gasteiger partial charge < -0.3 is 0 Å². The molecule has 3 heterocycles. The average molecular weight is 401 g/mol. The average Bonchev–Trinajstić information content (AvgIpc) is 2.68. The Morgan fingerprint density at radius 1 is 1.04 bits per heavy atom. The number of rotatable bonds is 4. The summed E-state index contributed by atoms with van der Waals surface area (Å²) in [6, 6.07) is 14.9. The van der Waals surface area contributed by atoms with Crippen molar-refractivity contribution in [1.29, 1.82) is 0 Å². The summed E-state index contributed by atoms with van der Waals surface area (Å²) >= 11 is 0. The summed E-state index contributed by atoms with van der Waals surface area (Å²) in [5.74, 6) is 0. The maximum atomic E-state index is 13.2. The van der Waals surface area contributed by atoms with Crippen molar-refractivity contribution in [2.24, 2.45) is 0 Å². The van der Waals surface area contributed by atoms with Crippen molar-refractivity contribution in [3.05, 3.63) is 60.4 Å². The molecule has 2 aliphatic heterocycles. The van der Waals surface area contributed by atoms with Crippen molar-refractivity contribution in [1.82, 2.24) is 19.1 Å². The smallest absolute Gasteiger partial charge is 0.243 e. The van der Waals surface area contributed by atoms with Crippen molar-refractivity contribution in [2.45, 2.75) is 36.9 Å². The van der Waals surface area contributed by atoms with E-state index in [2.05, 4.69) is 28.6 Å². The van der Waals surface area contributed by atoms with Crippen LogP contribution in [0.3, 0.4) is 0 Å². The van der Waals surface area contributed by atoms with Crippen LogP contribution >= 0.6 is 0 Å². The lowest BCUT2D eigenvalue weighted by atomic mass is 9.94. The molecule has 1 unspecified atom stereocenters. The Morgan fingerprint density at radius 2 is 1.79 bits per heavy atom. The van der Waals surface area contributed by atoms with Gasteiger partial charge in [0.2, 0.25) is 10.0 Å². The van der Waals surface area contributed by atoms with Gasteiger partial charge in [-0.1, -0.05) is 24.3 Å². The number of sulfonamides is 1. The third kappa shape index (κ3) is 3.85. The highest BCUT2D eigenvalue weighted by molar-refractivity contribution is 7.89. The molecule has 0 saturated carbocycles. The summed E-state index contributed by atoms with van der Waals surface area (Å²) in [5, 5.41) is 0. The summed E-state index contributed by atoms with van der Waals surface area (Å²) in [6.45, 7) is 8.92. The quantitative estimate of drug-likeness (QED) is 0.786. The number of benzene rings is 1. The molecule has 1 aromatic heterocycles. The molecule has 2 saturated heterocycles. The second-order valence-corrected chi connectivity index (χ2v) is 10.3. The van der Waals surface area contributed by atoms with Crippen LogP contribution in [-0.4, -0.2) is 71.8 Å². The van der Waals surface area contributed by atoms with E-state index in [1.54, 1.807) is 28.6 Å². The first-order chi connectivity index (χ1) is 13.4. The Balaban J connectivity index is 1.53. The first kappa shape index (κ1) is 19.5. The zero-order valence-corrected chi connectivity index (χ0v) is 17.3. The van der Waals surface area contributed by atoms with E-state index in [1.165, 1.54) is 0 Å². The molecule has 28 heavy (non-hydrogen) atoms. The summed E-state index contributed by atoms with van der Waals surface area (Å²) < 4.78 is 28.1. The highest BCUT2D eigenvalue weighted by atomic mass is 32.2. The molecule has 7 heteroatoms. The van der Waals surface area contributed by atoms with E-state index < -0.39 is 10.0 Å². The maximum Gasteiger partial charge on any atom is 0.243 e. The van der Waals surface area contributed by atoms with E-state index in [9.17, 15) is 8.42 Å². The van der Waals surface area contributed by atoms with Crippen molar-refractivity contribution >= 4 is 10.0 Å². The van der Waals surface area contributed by atoms with Gasteiger partial charge in [-0.25, -0.2) is 8.42 Å². The van der Waals surface area contributed by atoms with Crippen LogP contribution in [0.4, 0.5) is 0 Å². The fourth-order valence-electron chi connectivity index (χ4n) is 4.48. The molecule has 0 bridgehead atoms. The number of piperazine rings is 2. The fourth-order valence-corrected chi connectivity index (χ4v) is 6.14. The second kappa shape index (κ2) is 7.55. The largest absolute Gasteiger partial charge is 0.295 e. The van der Waals surface area contributed by atoms with Gasteiger partial charge in [-0.15, -0.1) is 0 Å². The first-order valence-corrected chi connectivity index (χ1v) is 11.2. The van der Waals surface area contributed by atoms with Gasteiger partial charge >= 0.3 is 0 Å². The van der Waals surface area contributed by atoms with Crippen LogP contribution in [0.25, 0.3) is 0 Å². The van der Waals surface area contributed by atoms with Gasteiger partial charge in [-0.3, -0.25) is 14.8 Å². The van der Waals surface area contributed by atoms with Crippen molar-refractivity contribution in [3.63, 3.8) is 0 Å². The van der Waals surface area contributed by atoms with Crippen LogP contribution in [0.5, 0.6) is 0 Å². The lowest BCUT2D eigenvalue weighted by Crippen LogP contribution is -2.70. The molecule has 0 spiro atoms. The van der Waals surface area contributed by atoms with Gasteiger partial charge in [0.25, 0.3) is 0 Å². The third-order valence-electron chi connectivity index (χ3n) is 5.81. The molecule has 0 amide bonds. The summed E-state index contributed by atoms with van der Waals surface area (Å²) in [7, 11) is -3.48. The molecule has 2 aliphatic rings. The molecule has 0 aliphatic carbocycles. The fraction of sp³-hybridized carbons (Fsp3) is 0.476. The van der Waals surface area contributed by atoms with E-state index in [0.717, 1.165) is 31.9 Å². The molecular weight excluding hydrogens is 372 g/mol. The van der Waals surface area contributed by atoms with E-state index >= 15 is 0 Å². The van der Waals surface area contributed by atoms with E-state index in [0.29, 0.717) is 18.0 Å². The molecule has 1 aromatic carbocycles. The Labute approximate surface area is 167 Å². The normalized spacial score (nSPS) is 24.0. The molecule has 2 aromatic rings. The lowest BCUT2D eigenvalue weighted by Gasteiger charge is -2.55. The number of hydrogen-bond acceptors (Lipinski definition) is 5. The zero-order chi connectivity index (χ0) is 19.8. The van der Waals surface area contributed by atoms with E-state index in [1.807, 2.05) is 30.5 Å². The van der Waals surface area contributed by atoms with Gasteiger partial charge in [0.1, 0.15) is 0 Å². The van der Waals surface area contributed by atoms with Gasteiger partial charge in [0, 0.05) is 57.0 Å². The Kier molecular flexibility index (Phi) is 5.26. The Hall–Kier alpha value is -1.80. The summed E-state index contributed by atoms with van der Waals surface area (Å²) in [5.41, 5.74) is 0.863. The molecular formula is C21H28N4O2S. The van der Waals surface area contributed by atoms with Crippen LogP contribution in [-0.2, 0) is 16.6 Å². The van der Waals surface area contributed by atoms with Gasteiger partial charge in [0.05, 0.1) is 10.6 Å². The highest BCUT2D eigenvalue weighted by Gasteiger charge is 2.45. The summed E-state index contributed by atoms with van der Waals surface area (Å²) in [4.78, 5) is 9.69. The molecule has 150 valence electrons. The molecule has 2 fully saturated rings. The van der Waals surface area contributed by atoms with Crippen molar-refractivity contribution in [3.8, 4) is 0 Å². The third-order valence-corrected chi connectivity index (χ3v) is 7.64. The topological polar surface area (TPSA) is 56.8 Å². The molecule has 0 radical (unpaired) electrons. The van der Waals surface area contributed by atoms with Crippen molar-refractivity contribution < 1.29 is 8.42 Å². The standard InChI is InChI=1S/C21H28N4O2S/c1-21(2)17-24(28(26,27)20-9-4-3-5-10-20)16-19-15-23(12-13-25(19)21)14-18-8-6-7-11-22-18/h3-11,19H,12-17H2,1-2H3. The van der Waals surface area contributed by atoms with Crippen LogP contribution in [0.2, 0.25) is 0 Å². The number of fused-ring (bicyclic) bond motifs is 1. The van der Waals surface area contributed by atoms with Gasteiger partial charge in [0.15, 0.2) is 0 Å². The van der Waals surface area contributed by atoms with Crippen LogP contribution in [0.15, 0.2) is 59.6 Å². The maximum absolute atomic E-state index is 13.2. The monoisotopic (exact) mass is 400 g/mol. The van der Waals surface area contributed by atoms with E-state index in [-0.39, 0.29) is 11.6 Å². The SMILES string of the molecule is CC1(C)CN(S(=O)(=O)c2ccccc2)CC2CN(Cc3ccccn3)CCN21. The van der Waals surface area contributed by atoms with Gasteiger partial charge in [-0.2, -0.15) is 4.31 Å². The second-order valence-electron chi connectivity index (χ2n) is 8.33. The summed E-state index contributed by atoms with van der Waals surface area (Å²) in [6.07, 6.45) is 1.82. The highest BCUT2D eigenvalue weighted by Crippen LogP contribution is 2.31. The number of pyridine rings is 1. The number of hydrogen-bond donors (Lipinski definition) is 0. The van der Waals surface area contributed by atoms with Crippen LogP contribution in [0.1, 0.15) is 19.5 Å². The van der Waals surface area contributed by atoms with Crippen LogP contribution in [0, 0.1) is 0 Å². The number of aromatic nitrogens is 1.